The van der Waals surface area contributed by atoms with Crippen LogP contribution in [0.5, 0.6) is 17.2 Å². The van der Waals surface area contributed by atoms with Crippen LogP contribution >= 0.6 is 7.26 Å². The SMILES string of the molecule is COc1cc(C[P+](c2ccccc2)(c2ccccc2)c2ccc3ccccc3c2-c2c(O)ccc3ccccc23)cc(OC)c1. The summed E-state index contributed by atoms with van der Waals surface area (Å²) in [5.74, 6) is 1.79. The fraction of sp³-hybridized carbons (Fsp3) is 0.0732. The van der Waals surface area contributed by atoms with Crippen LogP contribution in [0.3, 0.4) is 0 Å². The number of hydrogen-bond donors (Lipinski definition) is 1. The highest BCUT2D eigenvalue weighted by atomic mass is 31.2. The first-order chi connectivity index (χ1) is 22.1. The number of ether oxygens (including phenoxy) is 2. The van der Waals surface area contributed by atoms with E-state index in [4.69, 9.17) is 9.47 Å². The van der Waals surface area contributed by atoms with Crippen molar-refractivity contribution >= 4 is 44.7 Å². The molecule has 4 heteroatoms. The Bertz CT molecular complexity index is 2060. The van der Waals surface area contributed by atoms with Gasteiger partial charge in [0.15, 0.2) is 0 Å². The van der Waals surface area contributed by atoms with Crippen LogP contribution in [-0.2, 0) is 6.16 Å². The van der Waals surface area contributed by atoms with Gasteiger partial charge in [-0.1, -0.05) is 97.1 Å². The molecule has 220 valence electrons. The smallest absolute Gasteiger partial charge is 0.124 e. The summed E-state index contributed by atoms with van der Waals surface area (Å²) in [6, 6.07) is 53.2. The number of aromatic hydroxyl groups is 1. The van der Waals surface area contributed by atoms with Gasteiger partial charge in [0.1, 0.15) is 40.4 Å². The maximum atomic E-state index is 11.8. The highest BCUT2D eigenvalue weighted by Crippen LogP contribution is 2.61. The zero-order valence-electron chi connectivity index (χ0n) is 25.4. The predicted molar refractivity (Wildman–Crippen MR) is 191 cm³/mol. The highest BCUT2D eigenvalue weighted by Gasteiger charge is 2.48. The van der Waals surface area contributed by atoms with Crippen molar-refractivity contribution in [2.75, 3.05) is 14.2 Å². The van der Waals surface area contributed by atoms with E-state index in [9.17, 15) is 5.11 Å². The molecule has 0 saturated carbocycles. The Kier molecular flexibility index (Phi) is 7.71. The van der Waals surface area contributed by atoms with Gasteiger partial charge in [0.2, 0.25) is 0 Å². The molecule has 0 aliphatic rings. The molecule has 0 aliphatic carbocycles. The third-order valence-electron chi connectivity index (χ3n) is 8.70. The van der Waals surface area contributed by atoms with E-state index in [1.165, 1.54) is 15.9 Å². The van der Waals surface area contributed by atoms with Gasteiger partial charge in [0, 0.05) is 17.2 Å². The van der Waals surface area contributed by atoms with Crippen LogP contribution in [0.4, 0.5) is 0 Å². The summed E-state index contributed by atoms with van der Waals surface area (Å²) < 4.78 is 11.5. The predicted octanol–water partition coefficient (Wildman–Crippen LogP) is 8.88. The molecular weight excluding hydrogens is 571 g/mol. The zero-order chi connectivity index (χ0) is 30.8. The Morgan fingerprint density at radius 3 is 1.56 bits per heavy atom. The second-order valence-corrected chi connectivity index (χ2v) is 14.7. The van der Waals surface area contributed by atoms with Crippen LogP contribution in [0.1, 0.15) is 5.56 Å². The third-order valence-corrected chi connectivity index (χ3v) is 13.1. The molecule has 0 bridgehead atoms. The monoisotopic (exact) mass is 605 g/mol. The van der Waals surface area contributed by atoms with Crippen molar-refractivity contribution in [1.29, 1.82) is 0 Å². The zero-order valence-corrected chi connectivity index (χ0v) is 26.2. The van der Waals surface area contributed by atoms with Crippen molar-refractivity contribution in [3.63, 3.8) is 0 Å². The number of phenolic OH excluding ortho intramolecular Hbond substituents is 1. The fourth-order valence-corrected chi connectivity index (χ4v) is 11.1. The van der Waals surface area contributed by atoms with E-state index in [0.29, 0.717) is 0 Å². The largest absolute Gasteiger partial charge is 0.507 e. The Labute approximate surface area is 264 Å². The lowest BCUT2D eigenvalue weighted by molar-refractivity contribution is 0.393. The lowest BCUT2D eigenvalue weighted by atomic mass is 9.93. The lowest BCUT2D eigenvalue weighted by Crippen LogP contribution is -2.33. The fourth-order valence-electron chi connectivity index (χ4n) is 6.66. The molecule has 0 aromatic heterocycles. The summed E-state index contributed by atoms with van der Waals surface area (Å²) in [4.78, 5) is 0. The van der Waals surface area contributed by atoms with Crippen molar-refractivity contribution < 1.29 is 14.6 Å². The van der Waals surface area contributed by atoms with Gasteiger partial charge in [0.25, 0.3) is 0 Å². The van der Waals surface area contributed by atoms with Crippen molar-refractivity contribution in [3.05, 3.63) is 157 Å². The summed E-state index contributed by atoms with van der Waals surface area (Å²) in [6.45, 7) is 0. The minimum Gasteiger partial charge on any atom is -0.507 e. The molecule has 0 saturated heterocycles. The molecule has 0 atom stereocenters. The van der Waals surface area contributed by atoms with E-state index in [-0.39, 0.29) is 5.75 Å². The standard InChI is InChI=1S/C41H33O3P/c1-43-32-25-29(26-33(27-32)44-2)28-45(34-15-5-3-6-16-34,35-17-7-4-8-18-35)39-24-22-31-14-10-12-20-37(31)41(39)40-36-19-11-9-13-30(36)21-23-38(40)42/h3-27H,28H2,1-2H3/p+1. The van der Waals surface area contributed by atoms with Crippen molar-refractivity contribution in [1.82, 2.24) is 0 Å². The summed E-state index contributed by atoms with van der Waals surface area (Å²) in [6.07, 6.45) is 0.728. The van der Waals surface area contributed by atoms with Gasteiger partial charge in [0.05, 0.1) is 20.4 Å². The minimum absolute atomic E-state index is 0.272. The molecule has 7 rings (SSSR count). The Hall–Kier alpha value is -5.11. The number of fused-ring (bicyclic) bond motifs is 2. The molecule has 45 heavy (non-hydrogen) atoms. The Balaban J connectivity index is 1.66. The molecular formula is C41H34O3P+. The average molecular weight is 606 g/mol. The molecule has 0 heterocycles. The molecule has 0 unspecified atom stereocenters. The van der Waals surface area contributed by atoms with Crippen LogP contribution in [0.2, 0.25) is 0 Å². The van der Waals surface area contributed by atoms with Crippen LogP contribution in [0, 0.1) is 0 Å². The van der Waals surface area contributed by atoms with Crippen molar-refractivity contribution in [3.8, 4) is 28.4 Å². The van der Waals surface area contributed by atoms with Crippen LogP contribution < -0.4 is 25.4 Å². The van der Waals surface area contributed by atoms with Gasteiger partial charge < -0.3 is 14.6 Å². The van der Waals surface area contributed by atoms with E-state index in [1.807, 2.05) is 18.2 Å². The van der Waals surface area contributed by atoms with E-state index >= 15 is 0 Å². The number of benzene rings is 7. The van der Waals surface area contributed by atoms with Gasteiger partial charge in [-0.2, -0.15) is 0 Å². The Morgan fingerprint density at radius 2 is 1.00 bits per heavy atom. The van der Waals surface area contributed by atoms with Crippen LogP contribution in [0.15, 0.2) is 152 Å². The summed E-state index contributed by atoms with van der Waals surface area (Å²) in [7, 11) is 0.926. The topological polar surface area (TPSA) is 38.7 Å². The average Bonchev–Trinajstić information content (AvgIpc) is 3.11. The molecule has 7 aromatic carbocycles. The van der Waals surface area contributed by atoms with Crippen molar-refractivity contribution in [2.24, 2.45) is 0 Å². The van der Waals surface area contributed by atoms with Gasteiger partial charge in [-0.3, -0.25) is 0 Å². The first-order valence-electron chi connectivity index (χ1n) is 15.1. The number of rotatable bonds is 8. The lowest BCUT2D eigenvalue weighted by Gasteiger charge is -2.31. The molecule has 0 spiro atoms. The molecule has 0 amide bonds. The van der Waals surface area contributed by atoms with Crippen molar-refractivity contribution in [2.45, 2.75) is 6.16 Å². The van der Waals surface area contributed by atoms with Crippen LogP contribution in [-0.4, -0.2) is 19.3 Å². The second kappa shape index (κ2) is 12.1. The Morgan fingerprint density at radius 1 is 0.511 bits per heavy atom. The number of phenols is 1. The van der Waals surface area contributed by atoms with E-state index in [0.717, 1.165) is 55.9 Å². The first-order valence-corrected chi connectivity index (χ1v) is 17.0. The second-order valence-electron chi connectivity index (χ2n) is 11.2. The maximum absolute atomic E-state index is 11.8. The summed E-state index contributed by atoms with van der Waals surface area (Å²) >= 11 is 0. The van der Waals surface area contributed by atoms with E-state index in [1.54, 1.807) is 14.2 Å². The molecule has 7 aromatic rings. The van der Waals surface area contributed by atoms with Gasteiger partial charge in [-0.15, -0.1) is 0 Å². The van der Waals surface area contributed by atoms with Gasteiger partial charge in [-0.25, -0.2) is 0 Å². The van der Waals surface area contributed by atoms with E-state index in [2.05, 4.69) is 133 Å². The quantitative estimate of drug-likeness (QED) is 0.176. The van der Waals surface area contributed by atoms with Gasteiger partial charge >= 0.3 is 0 Å². The van der Waals surface area contributed by atoms with Gasteiger partial charge in [-0.05, 0) is 75.6 Å². The summed E-state index contributed by atoms with van der Waals surface area (Å²) in [5, 5.41) is 19.8. The molecule has 0 aliphatic heterocycles. The van der Waals surface area contributed by atoms with E-state index < -0.39 is 7.26 Å². The molecule has 3 nitrogen and oxygen atoms in total. The molecule has 0 fully saturated rings. The number of methoxy groups -OCH3 is 2. The minimum atomic E-state index is -2.46. The normalized spacial score (nSPS) is 11.5. The van der Waals surface area contributed by atoms with Crippen LogP contribution in [0.25, 0.3) is 32.7 Å². The highest BCUT2D eigenvalue weighted by molar-refractivity contribution is 7.95. The number of hydrogen-bond acceptors (Lipinski definition) is 3. The molecule has 0 radical (unpaired) electrons. The third kappa shape index (κ3) is 5.10. The maximum Gasteiger partial charge on any atom is 0.124 e. The summed E-state index contributed by atoms with van der Waals surface area (Å²) in [5.41, 5.74) is 3.05. The molecule has 1 N–H and O–H groups in total. The first kappa shape index (κ1) is 28.6.